The van der Waals surface area contributed by atoms with E-state index in [2.05, 4.69) is 10.8 Å². The number of rotatable bonds is 14. The third-order valence-corrected chi connectivity index (χ3v) is 7.12. The molecule has 0 spiro atoms. The summed E-state index contributed by atoms with van der Waals surface area (Å²) in [6.45, 7) is 10.8. The molecule has 0 saturated carbocycles. The number of ether oxygens (including phenoxy) is 2. The molecule has 8 nitrogen and oxygen atoms in total. The Balaban J connectivity index is 3.76. The van der Waals surface area contributed by atoms with Crippen LogP contribution >= 0.6 is 0 Å². The van der Waals surface area contributed by atoms with E-state index in [1.807, 2.05) is 6.92 Å². The zero-order valence-electron chi connectivity index (χ0n) is 21.2. The van der Waals surface area contributed by atoms with Gasteiger partial charge in [0.2, 0.25) is 0 Å². The van der Waals surface area contributed by atoms with Crippen LogP contribution in [0.5, 0.6) is 5.75 Å². The monoisotopic (exact) mass is 600 g/mol. The summed E-state index contributed by atoms with van der Waals surface area (Å²) in [5.41, 5.74) is -1.12. The summed E-state index contributed by atoms with van der Waals surface area (Å²) in [7, 11) is -14.2. The van der Waals surface area contributed by atoms with Crippen LogP contribution in [0.15, 0.2) is 18.7 Å². The number of hydrogen-bond donors (Lipinski definition) is 1. The van der Waals surface area contributed by atoms with Gasteiger partial charge in [0.1, 0.15) is 0 Å². The van der Waals surface area contributed by atoms with Crippen LogP contribution in [0.4, 0.5) is 26.3 Å². The Labute approximate surface area is 217 Å². The van der Waals surface area contributed by atoms with E-state index in [4.69, 9.17) is 14.0 Å². The molecule has 16 heteroatoms. The highest BCUT2D eigenvalue weighted by atomic mass is 32.2. The number of hydrogen-bond acceptors (Lipinski definition) is 7. The van der Waals surface area contributed by atoms with Crippen LogP contribution in [0.3, 0.4) is 0 Å². The summed E-state index contributed by atoms with van der Waals surface area (Å²) in [4.78, 5) is 0. The predicted molar refractivity (Wildman–Crippen MR) is 126 cm³/mol. The van der Waals surface area contributed by atoms with E-state index in [0.717, 1.165) is 0 Å². The van der Waals surface area contributed by atoms with Gasteiger partial charge in [-0.3, -0.25) is 4.55 Å². The van der Waals surface area contributed by atoms with E-state index in [1.165, 1.54) is 18.2 Å². The van der Waals surface area contributed by atoms with E-state index >= 15 is 0 Å². The lowest BCUT2D eigenvalue weighted by Gasteiger charge is -2.30. The maximum absolute atomic E-state index is 14.5. The molecular weight excluding hydrogens is 570 g/mol. The Bertz CT molecular complexity index is 1210. The van der Waals surface area contributed by atoms with Crippen molar-refractivity contribution in [1.82, 2.24) is 0 Å². The standard InChI is InChI=1S/C22H30F6O8S2/c1-7-9-14(3)34-12-16-10-15(8-2)11-17(13-35-19(4,5)6)18(16)36-38(32,33)22(27,28)20(23,24)21(25,26)37(29,30)31/h8,10-11,14H,2,7,9,12-13H2,1,3-6H3,(H,29,30,31). The first-order chi connectivity index (χ1) is 16.9. The molecule has 1 unspecified atom stereocenters. The molecule has 0 fully saturated rings. The molecule has 38 heavy (non-hydrogen) atoms. The molecule has 0 aliphatic rings. The molecule has 0 bridgehead atoms. The number of halogens is 6. The predicted octanol–water partition coefficient (Wildman–Crippen LogP) is 5.77. The molecule has 0 heterocycles. The quantitative estimate of drug-likeness (QED) is 0.163. The van der Waals surface area contributed by atoms with Crippen molar-refractivity contribution < 1.29 is 61.4 Å². The Morgan fingerprint density at radius 2 is 1.47 bits per heavy atom. The molecule has 1 N–H and O–H groups in total. The minimum Gasteiger partial charge on any atom is -0.377 e. The zero-order chi connectivity index (χ0) is 30.0. The van der Waals surface area contributed by atoms with Crippen LogP contribution in [0.25, 0.3) is 6.08 Å². The van der Waals surface area contributed by atoms with Gasteiger partial charge in [0.25, 0.3) is 0 Å². The normalized spacial score (nSPS) is 14.8. The van der Waals surface area contributed by atoms with Crippen molar-refractivity contribution in [2.45, 2.75) is 88.8 Å². The molecule has 220 valence electrons. The number of alkyl halides is 6. The minimum atomic E-state index is -7.18. The molecule has 1 aromatic rings. The van der Waals surface area contributed by atoms with Gasteiger partial charge < -0.3 is 13.7 Å². The first-order valence-electron chi connectivity index (χ1n) is 11.0. The second-order valence-corrected chi connectivity index (χ2v) is 12.4. The Kier molecular flexibility index (Phi) is 10.5. The fourth-order valence-electron chi connectivity index (χ4n) is 2.89. The fraction of sp³-hybridized carbons (Fsp3) is 0.636. The van der Waals surface area contributed by atoms with Crippen molar-refractivity contribution in [3.8, 4) is 5.75 Å². The van der Waals surface area contributed by atoms with Gasteiger partial charge in [0, 0.05) is 11.1 Å². The Morgan fingerprint density at radius 3 is 1.89 bits per heavy atom. The maximum atomic E-state index is 14.5. The highest BCUT2D eigenvalue weighted by Crippen LogP contribution is 2.51. The second kappa shape index (κ2) is 11.7. The molecule has 1 aromatic carbocycles. The molecule has 0 aliphatic carbocycles. The molecule has 1 atom stereocenters. The summed E-state index contributed by atoms with van der Waals surface area (Å²) < 4.78 is 154. The van der Waals surface area contributed by atoms with Crippen molar-refractivity contribution in [1.29, 1.82) is 0 Å². The smallest absolute Gasteiger partial charge is 0.377 e. The Hall–Kier alpha value is -1.88. The van der Waals surface area contributed by atoms with Gasteiger partial charge in [0.15, 0.2) is 5.75 Å². The van der Waals surface area contributed by atoms with Gasteiger partial charge in [-0.1, -0.05) is 26.0 Å². The third-order valence-electron chi connectivity index (χ3n) is 4.94. The van der Waals surface area contributed by atoms with Crippen molar-refractivity contribution in [2.75, 3.05) is 0 Å². The zero-order valence-corrected chi connectivity index (χ0v) is 22.9. The van der Waals surface area contributed by atoms with Crippen LogP contribution in [0.2, 0.25) is 0 Å². The van der Waals surface area contributed by atoms with E-state index in [-0.39, 0.29) is 11.1 Å². The maximum Gasteiger partial charge on any atom is 0.450 e. The largest absolute Gasteiger partial charge is 0.450 e. The van der Waals surface area contributed by atoms with Gasteiger partial charge in [0.05, 0.1) is 24.9 Å². The van der Waals surface area contributed by atoms with Gasteiger partial charge in [-0.05, 0) is 51.8 Å². The van der Waals surface area contributed by atoms with Crippen LogP contribution in [0.1, 0.15) is 64.2 Å². The van der Waals surface area contributed by atoms with Gasteiger partial charge in [-0.2, -0.15) is 43.2 Å². The molecule has 0 radical (unpaired) electrons. The molecule has 0 aliphatic heterocycles. The van der Waals surface area contributed by atoms with Crippen molar-refractivity contribution in [3.05, 3.63) is 35.4 Å². The molecule has 1 rings (SSSR count). The first kappa shape index (κ1) is 34.1. The topological polar surface area (TPSA) is 116 Å². The van der Waals surface area contributed by atoms with Gasteiger partial charge >= 0.3 is 36.7 Å². The summed E-state index contributed by atoms with van der Waals surface area (Å²) in [6, 6.07) is 2.35. The third kappa shape index (κ3) is 7.40. The van der Waals surface area contributed by atoms with E-state index in [1.54, 1.807) is 27.7 Å². The fourth-order valence-corrected chi connectivity index (χ4v) is 4.38. The van der Waals surface area contributed by atoms with Crippen LogP contribution < -0.4 is 4.18 Å². The highest BCUT2D eigenvalue weighted by Gasteiger charge is 2.83. The molecular formula is C22H30F6O8S2. The molecule has 0 saturated heterocycles. The van der Waals surface area contributed by atoms with Crippen LogP contribution in [0, 0.1) is 0 Å². The summed E-state index contributed by atoms with van der Waals surface area (Å²) in [5, 5.41) is -13.7. The Morgan fingerprint density at radius 1 is 0.974 bits per heavy atom. The lowest BCUT2D eigenvalue weighted by molar-refractivity contribution is -0.247. The van der Waals surface area contributed by atoms with Crippen molar-refractivity contribution in [3.63, 3.8) is 0 Å². The van der Waals surface area contributed by atoms with Gasteiger partial charge in [-0.25, -0.2) is 0 Å². The van der Waals surface area contributed by atoms with Crippen LogP contribution in [-0.4, -0.2) is 49.5 Å². The minimum absolute atomic E-state index is 0.262. The molecule has 0 amide bonds. The van der Waals surface area contributed by atoms with Gasteiger partial charge in [-0.15, -0.1) is 0 Å². The van der Waals surface area contributed by atoms with Crippen LogP contribution in [-0.2, 0) is 42.9 Å². The van der Waals surface area contributed by atoms with E-state index in [0.29, 0.717) is 18.4 Å². The summed E-state index contributed by atoms with van der Waals surface area (Å²) in [5.74, 6) is -8.13. The van der Waals surface area contributed by atoms with Crippen molar-refractivity contribution in [2.24, 2.45) is 0 Å². The SMILES string of the molecule is C=Cc1cc(COC(C)CCC)c(OS(=O)(=O)C(F)(F)C(F)(F)C(F)(F)S(=O)(=O)O)c(COC(C)(C)C)c1. The lowest BCUT2D eigenvalue weighted by atomic mass is 10.0. The summed E-state index contributed by atoms with van der Waals surface area (Å²) in [6.07, 6.45) is 2.07. The average Bonchev–Trinajstić information content (AvgIpc) is 2.75. The number of benzene rings is 1. The molecule has 0 aromatic heterocycles. The lowest BCUT2D eigenvalue weighted by Crippen LogP contribution is -2.61. The summed E-state index contributed by atoms with van der Waals surface area (Å²) >= 11 is 0. The van der Waals surface area contributed by atoms with E-state index < -0.39 is 67.3 Å². The second-order valence-electron chi connectivity index (χ2n) is 9.30. The first-order valence-corrected chi connectivity index (χ1v) is 13.9. The average molecular weight is 601 g/mol. The van der Waals surface area contributed by atoms with Crippen molar-refractivity contribution >= 4 is 26.3 Å². The van der Waals surface area contributed by atoms with E-state index in [9.17, 15) is 43.2 Å². The highest BCUT2D eigenvalue weighted by molar-refractivity contribution is 7.88.